The Kier molecular flexibility index (Phi) is 4.62. The molecule has 1 aromatic rings. The van der Waals surface area contributed by atoms with E-state index < -0.39 is 0 Å². The Labute approximate surface area is 103 Å². The highest BCUT2D eigenvalue weighted by Gasteiger charge is 2.24. The SMILES string of the molecule is CC(C)(C)C(=O)C[C@@H]([C]=O)Cc1ccccc1. The number of Topliss-reactive ketones (excluding diaryl/α,β-unsaturated/α-hetero) is 1. The molecule has 0 aliphatic carbocycles. The molecular formula is C15H19O2. The van der Waals surface area contributed by atoms with E-state index >= 15 is 0 Å². The Bertz CT molecular complexity index is 374. The first-order chi connectivity index (χ1) is 7.93. The van der Waals surface area contributed by atoms with Crippen LogP contribution in [0.2, 0.25) is 0 Å². The quantitative estimate of drug-likeness (QED) is 0.780. The Hall–Kier alpha value is -1.44. The highest BCUT2D eigenvalue weighted by Crippen LogP contribution is 2.21. The number of carbonyl (C=O) groups excluding carboxylic acids is 2. The predicted octanol–water partition coefficient (Wildman–Crippen LogP) is 2.96. The molecule has 0 heterocycles. The van der Waals surface area contributed by atoms with Gasteiger partial charge in [-0.2, -0.15) is 0 Å². The molecule has 0 aliphatic rings. The number of hydrogen-bond acceptors (Lipinski definition) is 2. The molecule has 1 rings (SSSR count). The van der Waals surface area contributed by atoms with Gasteiger partial charge in [0.2, 0.25) is 6.29 Å². The van der Waals surface area contributed by atoms with Crippen molar-refractivity contribution in [3.8, 4) is 0 Å². The van der Waals surface area contributed by atoms with Crippen LogP contribution in [0.5, 0.6) is 0 Å². The summed E-state index contributed by atoms with van der Waals surface area (Å²) in [4.78, 5) is 22.7. The van der Waals surface area contributed by atoms with E-state index in [2.05, 4.69) is 0 Å². The second kappa shape index (κ2) is 5.76. The second-order valence-corrected chi connectivity index (χ2v) is 5.38. The Morgan fingerprint density at radius 2 is 1.82 bits per heavy atom. The Morgan fingerprint density at radius 1 is 1.24 bits per heavy atom. The molecule has 0 aliphatic heterocycles. The third-order valence-corrected chi connectivity index (χ3v) is 2.76. The van der Waals surface area contributed by atoms with Crippen molar-refractivity contribution in [2.45, 2.75) is 33.6 Å². The zero-order valence-corrected chi connectivity index (χ0v) is 10.7. The molecule has 2 heteroatoms. The van der Waals surface area contributed by atoms with E-state index in [0.29, 0.717) is 6.42 Å². The van der Waals surface area contributed by atoms with Gasteiger partial charge in [-0.1, -0.05) is 51.1 Å². The van der Waals surface area contributed by atoms with E-state index in [9.17, 15) is 9.59 Å². The summed E-state index contributed by atoms with van der Waals surface area (Å²) in [5, 5.41) is 0. The van der Waals surface area contributed by atoms with Crippen molar-refractivity contribution in [3.63, 3.8) is 0 Å². The van der Waals surface area contributed by atoms with E-state index in [1.54, 1.807) is 0 Å². The van der Waals surface area contributed by atoms with Crippen molar-refractivity contribution in [1.29, 1.82) is 0 Å². The van der Waals surface area contributed by atoms with Gasteiger partial charge in [0.1, 0.15) is 5.78 Å². The fourth-order valence-corrected chi connectivity index (χ4v) is 1.58. The molecule has 0 saturated heterocycles. The summed E-state index contributed by atoms with van der Waals surface area (Å²) in [5.41, 5.74) is 0.689. The minimum Gasteiger partial charge on any atom is -0.299 e. The summed E-state index contributed by atoms with van der Waals surface area (Å²) in [6, 6.07) is 9.73. The van der Waals surface area contributed by atoms with Crippen molar-refractivity contribution >= 4 is 12.1 Å². The maximum absolute atomic E-state index is 11.8. The molecule has 1 aromatic carbocycles. The topological polar surface area (TPSA) is 34.1 Å². The van der Waals surface area contributed by atoms with Crippen LogP contribution in [0.15, 0.2) is 30.3 Å². The molecule has 2 nitrogen and oxygen atoms in total. The molecule has 17 heavy (non-hydrogen) atoms. The van der Waals surface area contributed by atoms with E-state index in [1.165, 1.54) is 0 Å². The van der Waals surface area contributed by atoms with Crippen LogP contribution in [0.3, 0.4) is 0 Å². The minimum absolute atomic E-state index is 0.113. The van der Waals surface area contributed by atoms with Gasteiger partial charge < -0.3 is 0 Å². The van der Waals surface area contributed by atoms with E-state index in [1.807, 2.05) is 57.4 Å². The van der Waals surface area contributed by atoms with Gasteiger partial charge in [0.05, 0.1) is 0 Å². The molecule has 91 valence electrons. The van der Waals surface area contributed by atoms with Gasteiger partial charge in [-0.05, 0) is 12.0 Å². The average Bonchev–Trinajstić information content (AvgIpc) is 2.28. The second-order valence-electron chi connectivity index (χ2n) is 5.38. The molecule has 0 bridgehead atoms. The Morgan fingerprint density at radius 3 is 2.29 bits per heavy atom. The molecule has 0 fully saturated rings. The van der Waals surface area contributed by atoms with Crippen molar-refractivity contribution < 1.29 is 9.59 Å². The lowest BCUT2D eigenvalue weighted by molar-refractivity contribution is -0.126. The molecule has 0 aromatic heterocycles. The minimum atomic E-state index is -0.383. The van der Waals surface area contributed by atoms with Crippen LogP contribution in [0.1, 0.15) is 32.8 Å². The molecular weight excluding hydrogens is 212 g/mol. The van der Waals surface area contributed by atoms with Crippen molar-refractivity contribution in [2.24, 2.45) is 11.3 Å². The summed E-state index contributed by atoms with van der Waals surface area (Å²) < 4.78 is 0. The van der Waals surface area contributed by atoms with Gasteiger partial charge in [0.25, 0.3) is 0 Å². The lowest BCUT2D eigenvalue weighted by Gasteiger charge is -2.18. The normalized spacial score (nSPS) is 13.1. The fraction of sp³-hybridized carbons (Fsp3) is 0.467. The highest BCUT2D eigenvalue weighted by atomic mass is 16.1. The van der Waals surface area contributed by atoms with Crippen LogP contribution in [0.4, 0.5) is 0 Å². The molecule has 1 atom stereocenters. The Balaban J connectivity index is 2.62. The number of rotatable bonds is 5. The first-order valence-corrected chi connectivity index (χ1v) is 5.88. The standard InChI is InChI=1S/C15H19O2/c1-15(2,3)14(17)10-13(11-16)9-12-7-5-4-6-8-12/h4-8,13H,9-10H2,1-3H3/t13-/m0/s1. The summed E-state index contributed by atoms with van der Waals surface area (Å²) in [6.45, 7) is 5.62. The number of ketones is 1. The summed E-state index contributed by atoms with van der Waals surface area (Å²) in [6.07, 6.45) is 2.85. The smallest absolute Gasteiger partial charge is 0.202 e. The zero-order chi connectivity index (χ0) is 12.9. The molecule has 0 spiro atoms. The van der Waals surface area contributed by atoms with Gasteiger partial charge in [-0.15, -0.1) is 0 Å². The first kappa shape index (κ1) is 13.6. The van der Waals surface area contributed by atoms with Gasteiger partial charge in [-0.25, -0.2) is 0 Å². The van der Waals surface area contributed by atoms with Crippen molar-refractivity contribution in [3.05, 3.63) is 35.9 Å². The molecule has 0 saturated carbocycles. The van der Waals surface area contributed by atoms with Crippen LogP contribution in [0, 0.1) is 11.3 Å². The van der Waals surface area contributed by atoms with Gasteiger partial charge in [-0.3, -0.25) is 9.59 Å². The lowest BCUT2D eigenvalue weighted by Crippen LogP contribution is -2.24. The van der Waals surface area contributed by atoms with Crippen molar-refractivity contribution in [1.82, 2.24) is 0 Å². The van der Waals surface area contributed by atoms with Crippen LogP contribution < -0.4 is 0 Å². The van der Waals surface area contributed by atoms with Gasteiger partial charge >= 0.3 is 0 Å². The summed E-state index contributed by atoms with van der Waals surface area (Å²) in [7, 11) is 0. The third-order valence-electron chi connectivity index (χ3n) is 2.76. The third kappa shape index (κ3) is 4.51. The monoisotopic (exact) mass is 231 g/mol. The molecule has 0 unspecified atom stereocenters. The van der Waals surface area contributed by atoms with E-state index in [-0.39, 0.29) is 23.5 Å². The molecule has 1 radical (unpaired) electrons. The van der Waals surface area contributed by atoms with Gasteiger partial charge in [0.15, 0.2) is 0 Å². The predicted molar refractivity (Wildman–Crippen MR) is 68.4 cm³/mol. The van der Waals surface area contributed by atoms with Crippen LogP contribution in [-0.4, -0.2) is 12.1 Å². The van der Waals surface area contributed by atoms with Crippen molar-refractivity contribution in [2.75, 3.05) is 0 Å². The van der Waals surface area contributed by atoms with E-state index in [0.717, 1.165) is 5.56 Å². The summed E-state index contributed by atoms with van der Waals surface area (Å²) >= 11 is 0. The largest absolute Gasteiger partial charge is 0.299 e. The van der Waals surface area contributed by atoms with Crippen LogP contribution in [-0.2, 0) is 16.0 Å². The molecule has 0 amide bonds. The highest BCUT2D eigenvalue weighted by molar-refractivity contribution is 5.85. The maximum Gasteiger partial charge on any atom is 0.202 e. The lowest BCUT2D eigenvalue weighted by atomic mass is 9.84. The van der Waals surface area contributed by atoms with Crippen LogP contribution >= 0.6 is 0 Å². The first-order valence-electron chi connectivity index (χ1n) is 5.88. The number of hydrogen-bond donors (Lipinski definition) is 0. The van der Waals surface area contributed by atoms with E-state index in [4.69, 9.17) is 0 Å². The molecule has 0 N–H and O–H groups in total. The fourth-order valence-electron chi connectivity index (χ4n) is 1.58. The number of benzene rings is 1. The number of carbonyl (C=O) groups is 1. The van der Waals surface area contributed by atoms with Gasteiger partial charge in [0, 0.05) is 17.8 Å². The maximum atomic E-state index is 11.8. The average molecular weight is 231 g/mol. The summed E-state index contributed by atoms with van der Waals surface area (Å²) in [5.74, 6) is -0.217. The van der Waals surface area contributed by atoms with Crippen LogP contribution in [0.25, 0.3) is 0 Å². The zero-order valence-electron chi connectivity index (χ0n) is 10.7.